The van der Waals surface area contributed by atoms with E-state index in [2.05, 4.69) is 17.0 Å². The van der Waals surface area contributed by atoms with Gasteiger partial charge in [0.1, 0.15) is 0 Å². The molecule has 2 aromatic rings. The molecule has 4 rings (SSSR count). The highest BCUT2D eigenvalue weighted by molar-refractivity contribution is 5.51. The van der Waals surface area contributed by atoms with Crippen molar-refractivity contribution in [3.8, 4) is 11.5 Å². The average molecular weight is 340 g/mol. The van der Waals surface area contributed by atoms with Gasteiger partial charge in [0, 0.05) is 31.3 Å². The number of fused-ring (bicyclic) bond motifs is 4. The highest BCUT2D eigenvalue weighted by Crippen LogP contribution is 2.42. The van der Waals surface area contributed by atoms with Crippen LogP contribution in [0.3, 0.4) is 0 Å². The van der Waals surface area contributed by atoms with E-state index in [0.29, 0.717) is 0 Å². The predicted molar refractivity (Wildman–Crippen MR) is 93.2 cm³/mol. The third-order valence-electron chi connectivity index (χ3n) is 5.30. The molecule has 1 atom stereocenters. The van der Waals surface area contributed by atoms with Gasteiger partial charge in [-0.3, -0.25) is 15.0 Å². The smallest absolute Gasteiger partial charge is 0.269 e. The van der Waals surface area contributed by atoms with Gasteiger partial charge in [-0.2, -0.15) is 0 Å². The maximum atomic E-state index is 11.0. The molecule has 6 heteroatoms. The fourth-order valence-electron chi connectivity index (χ4n) is 4.01. The Kier molecular flexibility index (Phi) is 3.84. The second-order valence-corrected chi connectivity index (χ2v) is 6.56. The number of methoxy groups -OCH3 is 2. The lowest BCUT2D eigenvalue weighted by molar-refractivity contribution is -0.385. The third kappa shape index (κ3) is 2.62. The van der Waals surface area contributed by atoms with Crippen LogP contribution in [-0.2, 0) is 19.4 Å². The Morgan fingerprint density at radius 1 is 1.08 bits per heavy atom. The molecule has 0 fully saturated rings. The van der Waals surface area contributed by atoms with Gasteiger partial charge in [-0.25, -0.2) is 0 Å². The monoisotopic (exact) mass is 340 g/mol. The first-order valence-electron chi connectivity index (χ1n) is 8.35. The lowest BCUT2D eigenvalue weighted by atomic mass is 9.84. The summed E-state index contributed by atoms with van der Waals surface area (Å²) in [6.45, 7) is 1.69. The van der Waals surface area contributed by atoms with E-state index < -0.39 is 0 Å². The first-order valence-corrected chi connectivity index (χ1v) is 8.35. The molecular weight excluding hydrogens is 320 g/mol. The number of non-ortho nitro benzene ring substituents is 1. The van der Waals surface area contributed by atoms with Crippen LogP contribution in [0.5, 0.6) is 11.5 Å². The fourth-order valence-corrected chi connectivity index (χ4v) is 4.01. The summed E-state index contributed by atoms with van der Waals surface area (Å²) in [6.07, 6.45) is 1.80. The summed E-state index contributed by atoms with van der Waals surface area (Å²) < 4.78 is 10.9. The summed E-state index contributed by atoms with van der Waals surface area (Å²) in [4.78, 5) is 13.1. The fraction of sp³-hybridized carbons (Fsp3) is 0.368. The predicted octanol–water partition coefficient (Wildman–Crippen LogP) is 3.27. The molecule has 0 N–H and O–H groups in total. The van der Waals surface area contributed by atoms with Gasteiger partial charge >= 0.3 is 0 Å². The number of hydrogen-bond donors (Lipinski definition) is 0. The van der Waals surface area contributed by atoms with E-state index in [9.17, 15) is 10.1 Å². The molecule has 0 radical (unpaired) electrons. The molecule has 0 aromatic heterocycles. The van der Waals surface area contributed by atoms with Gasteiger partial charge in [-0.05, 0) is 47.2 Å². The first kappa shape index (κ1) is 15.9. The van der Waals surface area contributed by atoms with E-state index in [0.717, 1.165) is 43.0 Å². The van der Waals surface area contributed by atoms with Crippen LogP contribution in [0, 0.1) is 10.1 Å². The maximum absolute atomic E-state index is 11.0. The normalized spacial score (nSPS) is 18.7. The van der Waals surface area contributed by atoms with Gasteiger partial charge in [0.05, 0.1) is 19.1 Å². The topological polar surface area (TPSA) is 64.8 Å². The Bertz CT molecular complexity index is 850. The summed E-state index contributed by atoms with van der Waals surface area (Å²) in [5.74, 6) is 1.51. The first-order chi connectivity index (χ1) is 12.1. The molecule has 0 aliphatic carbocycles. The molecule has 25 heavy (non-hydrogen) atoms. The molecule has 2 aliphatic rings. The van der Waals surface area contributed by atoms with Crippen LogP contribution in [0.2, 0.25) is 0 Å². The van der Waals surface area contributed by atoms with Gasteiger partial charge < -0.3 is 9.47 Å². The second-order valence-electron chi connectivity index (χ2n) is 6.56. The molecule has 2 aliphatic heterocycles. The van der Waals surface area contributed by atoms with Crippen molar-refractivity contribution in [3.05, 3.63) is 62.7 Å². The third-order valence-corrected chi connectivity index (χ3v) is 5.30. The molecule has 6 nitrogen and oxygen atoms in total. The molecule has 2 heterocycles. The average Bonchev–Trinajstić information content (AvgIpc) is 2.64. The Morgan fingerprint density at radius 2 is 1.84 bits per heavy atom. The lowest BCUT2D eigenvalue weighted by Crippen LogP contribution is -2.39. The quantitative estimate of drug-likeness (QED) is 0.634. The number of nitro groups is 1. The molecule has 0 amide bonds. The number of hydrogen-bond acceptors (Lipinski definition) is 5. The van der Waals surface area contributed by atoms with Crippen LogP contribution in [0.15, 0.2) is 30.3 Å². The number of nitrogens with zero attached hydrogens (tertiary/aromatic N) is 2. The number of rotatable bonds is 3. The van der Waals surface area contributed by atoms with Crippen LogP contribution in [0.1, 0.15) is 28.3 Å². The minimum atomic E-state index is -0.324. The summed E-state index contributed by atoms with van der Waals surface area (Å²) >= 11 is 0. The van der Waals surface area contributed by atoms with Crippen molar-refractivity contribution in [2.75, 3.05) is 20.8 Å². The summed E-state index contributed by atoms with van der Waals surface area (Å²) in [7, 11) is 3.31. The Morgan fingerprint density at radius 3 is 2.56 bits per heavy atom. The zero-order valence-corrected chi connectivity index (χ0v) is 14.3. The number of nitro benzene ring substituents is 1. The van der Waals surface area contributed by atoms with Crippen molar-refractivity contribution in [2.45, 2.75) is 25.4 Å². The van der Waals surface area contributed by atoms with Crippen LogP contribution >= 0.6 is 0 Å². The lowest BCUT2D eigenvalue weighted by Gasteiger charge is -2.41. The Hall–Kier alpha value is -2.60. The largest absolute Gasteiger partial charge is 0.493 e. The van der Waals surface area contributed by atoms with Crippen molar-refractivity contribution < 1.29 is 14.4 Å². The Balaban J connectivity index is 1.73. The van der Waals surface area contributed by atoms with E-state index >= 15 is 0 Å². The zero-order valence-electron chi connectivity index (χ0n) is 14.3. The highest BCUT2D eigenvalue weighted by atomic mass is 16.6. The van der Waals surface area contributed by atoms with Crippen molar-refractivity contribution in [1.82, 2.24) is 4.90 Å². The van der Waals surface area contributed by atoms with Crippen molar-refractivity contribution in [1.29, 1.82) is 0 Å². The van der Waals surface area contributed by atoms with Crippen molar-refractivity contribution in [3.63, 3.8) is 0 Å². The van der Waals surface area contributed by atoms with E-state index in [1.165, 1.54) is 16.7 Å². The van der Waals surface area contributed by atoms with Gasteiger partial charge in [0.2, 0.25) is 0 Å². The molecule has 0 bridgehead atoms. The minimum Gasteiger partial charge on any atom is -0.493 e. The highest BCUT2D eigenvalue weighted by Gasteiger charge is 2.33. The van der Waals surface area contributed by atoms with E-state index in [1.807, 2.05) is 6.07 Å². The summed E-state index contributed by atoms with van der Waals surface area (Å²) in [6, 6.07) is 9.66. The standard InChI is InChI=1S/C19H20N2O4/c1-24-18-9-13-5-6-20-11-14-7-15(21(22)23)4-3-12(14)8-17(20)16(13)10-19(18)25-2/h3-4,7,9-10,17H,5-6,8,11H2,1-2H3. The minimum absolute atomic E-state index is 0.168. The van der Waals surface area contributed by atoms with Crippen molar-refractivity contribution in [2.24, 2.45) is 0 Å². The summed E-state index contributed by atoms with van der Waals surface area (Å²) in [5.41, 5.74) is 4.99. The molecule has 1 unspecified atom stereocenters. The van der Waals surface area contributed by atoms with Crippen LogP contribution in [0.4, 0.5) is 5.69 Å². The molecule has 0 spiro atoms. The van der Waals surface area contributed by atoms with Crippen LogP contribution in [0.25, 0.3) is 0 Å². The van der Waals surface area contributed by atoms with Gasteiger partial charge in [-0.15, -0.1) is 0 Å². The molecule has 130 valence electrons. The van der Waals surface area contributed by atoms with Gasteiger partial charge in [0.25, 0.3) is 5.69 Å². The van der Waals surface area contributed by atoms with E-state index in [4.69, 9.17) is 9.47 Å². The maximum Gasteiger partial charge on any atom is 0.269 e. The van der Waals surface area contributed by atoms with Crippen molar-refractivity contribution >= 4 is 5.69 Å². The van der Waals surface area contributed by atoms with E-state index in [1.54, 1.807) is 26.4 Å². The second kappa shape index (κ2) is 6.04. The number of ether oxygens (including phenoxy) is 2. The summed E-state index contributed by atoms with van der Waals surface area (Å²) in [5, 5.41) is 11.0. The molecule has 0 saturated carbocycles. The van der Waals surface area contributed by atoms with Crippen LogP contribution < -0.4 is 9.47 Å². The zero-order chi connectivity index (χ0) is 17.6. The van der Waals surface area contributed by atoms with Crippen LogP contribution in [-0.4, -0.2) is 30.6 Å². The molecular formula is C19H20N2O4. The Labute approximate surface area is 146 Å². The molecule has 2 aromatic carbocycles. The van der Waals surface area contributed by atoms with Gasteiger partial charge in [-0.1, -0.05) is 6.07 Å². The SMILES string of the molecule is COc1cc2c(cc1OC)C1Cc3ccc([N+](=O)[O-])cc3CN1CC2. The van der Waals surface area contributed by atoms with Gasteiger partial charge in [0.15, 0.2) is 11.5 Å². The molecule has 0 saturated heterocycles. The number of benzene rings is 2. The van der Waals surface area contributed by atoms with E-state index in [-0.39, 0.29) is 16.7 Å².